The topological polar surface area (TPSA) is 102 Å². The lowest BCUT2D eigenvalue weighted by Gasteiger charge is -2.13. The Morgan fingerprint density at radius 1 is 1.47 bits per heavy atom. The summed E-state index contributed by atoms with van der Waals surface area (Å²) < 4.78 is 4.59. The van der Waals surface area contributed by atoms with Gasteiger partial charge in [0.2, 0.25) is 0 Å². The van der Waals surface area contributed by atoms with Gasteiger partial charge < -0.3 is 15.6 Å². The van der Waals surface area contributed by atoms with Crippen molar-refractivity contribution in [1.82, 2.24) is 5.32 Å². The van der Waals surface area contributed by atoms with E-state index in [0.29, 0.717) is 13.0 Å². The molecule has 6 nitrogen and oxygen atoms in total. The van der Waals surface area contributed by atoms with Gasteiger partial charge in [-0.05, 0) is 19.4 Å². The molecule has 0 bridgehead atoms. The summed E-state index contributed by atoms with van der Waals surface area (Å²) in [6.07, 6.45) is 2.01. The number of unbranched alkanes of at least 4 members (excludes halogenated alkanes) is 1. The van der Waals surface area contributed by atoms with Gasteiger partial charge in [-0.25, -0.2) is 0 Å². The monoisotopic (exact) mass is 218 g/mol. The molecule has 0 rings (SSSR count). The normalized spacial score (nSPS) is 12.1. The minimum atomic E-state index is -0.945. The summed E-state index contributed by atoms with van der Waals surface area (Å²) in [6, 6.07) is -0.684. The lowest BCUT2D eigenvalue weighted by molar-refractivity contribution is -0.145. The lowest BCUT2D eigenvalue weighted by atomic mass is 10.1. The predicted molar refractivity (Wildman–Crippen MR) is 54.1 cm³/mol. The van der Waals surface area contributed by atoms with E-state index in [0.717, 1.165) is 12.8 Å². The first-order valence-electron chi connectivity index (χ1n) is 4.87. The van der Waals surface area contributed by atoms with Gasteiger partial charge in [-0.3, -0.25) is 14.9 Å². The molecule has 88 valence electrons. The SMILES string of the molecule is CC(=O)OCN[C@@H](CCCCN)C(=O)O. The molecule has 0 amide bonds. The second-order valence-electron chi connectivity index (χ2n) is 3.16. The van der Waals surface area contributed by atoms with Crippen molar-refractivity contribution in [2.45, 2.75) is 32.2 Å². The zero-order chi connectivity index (χ0) is 11.7. The summed E-state index contributed by atoms with van der Waals surface area (Å²) in [6.45, 7) is 1.75. The van der Waals surface area contributed by atoms with Crippen molar-refractivity contribution in [2.24, 2.45) is 5.73 Å². The fourth-order valence-electron chi connectivity index (χ4n) is 1.05. The predicted octanol–water partition coefficient (Wildman–Crippen LogP) is -0.321. The Labute approximate surface area is 88.8 Å². The molecule has 0 unspecified atom stereocenters. The number of carbonyl (C=O) groups is 2. The van der Waals surface area contributed by atoms with Gasteiger partial charge in [0.25, 0.3) is 0 Å². The lowest BCUT2D eigenvalue weighted by Crippen LogP contribution is -2.38. The molecule has 0 heterocycles. The molecular formula is C9H18N2O4. The van der Waals surface area contributed by atoms with Crippen LogP contribution in [-0.2, 0) is 14.3 Å². The van der Waals surface area contributed by atoms with E-state index >= 15 is 0 Å². The Morgan fingerprint density at radius 3 is 2.60 bits per heavy atom. The summed E-state index contributed by atoms with van der Waals surface area (Å²) in [4.78, 5) is 21.2. The third-order valence-corrected chi connectivity index (χ3v) is 1.85. The molecule has 4 N–H and O–H groups in total. The van der Waals surface area contributed by atoms with Crippen LogP contribution in [0.3, 0.4) is 0 Å². The summed E-state index contributed by atoms with van der Waals surface area (Å²) in [7, 11) is 0. The number of hydrogen-bond donors (Lipinski definition) is 3. The third-order valence-electron chi connectivity index (χ3n) is 1.85. The summed E-state index contributed by atoms with van der Waals surface area (Å²) >= 11 is 0. The first kappa shape index (κ1) is 13.9. The summed E-state index contributed by atoms with van der Waals surface area (Å²) in [5.74, 6) is -1.38. The number of ether oxygens (including phenoxy) is 1. The molecule has 0 saturated heterocycles. The van der Waals surface area contributed by atoms with Crippen LogP contribution in [-0.4, -0.2) is 36.4 Å². The van der Waals surface area contributed by atoms with Crippen LogP contribution in [0.2, 0.25) is 0 Å². The van der Waals surface area contributed by atoms with Gasteiger partial charge in [0.05, 0.1) is 0 Å². The number of esters is 1. The second kappa shape index (κ2) is 8.19. The van der Waals surface area contributed by atoms with Gasteiger partial charge in [0.1, 0.15) is 12.8 Å². The van der Waals surface area contributed by atoms with Gasteiger partial charge in [0.15, 0.2) is 0 Å². The van der Waals surface area contributed by atoms with Gasteiger partial charge in [-0.2, -0.15) is 0 Å². The molecule has 0 aromatic heterocycles. The summed E-state index contributed by atoms with van der Waals surface area (Å²) in [5.41, 5.74) is 5.29. The van der Waals surface area contributed by atoms with E-state index in [1.54, 1.807) is 0 Å². The van der Waals surface area contributed by atoms with E-state index in [1.165, 1.54) is 6.92 Å². The van der Waals surface area contributed by atoms with Crippen LogP contribution < -0.4 is 11.1 Å². The first-order chi connectivity index (χ1) is 7.07. The number of carboxylic acids is 1. The Balaban J connectivity index is 3.73. The second-order valence-corrected chi connectivity index (χ2v) is 3.16. The van der Waals surface area contributed by atoms with Crippen LogP contribution in [0.5, 0.6) is 0 Å². The zero-order valence-electron chi connectivity index (χ0n) is 8.86. The maximum absolute atomic E-state index is 10.7. The number of carboxylic acid groups (broad SMARTS) is 1. The maximum atomic E-state index is 10.7. The molecule has 6 heteroatoms. The van der Waals surface area contributed by atoms with Crippen molar-refractivity contribution in [2.75, 3.05) is 13.3 Å². The highest BCUT2D eigenvalue weighted by Gasteiger charge is 2.15. The minimum Gasteiger partial charge on any atom is -0.480 e. The van der Waals surface area contributed by atoms with Crippen LogP contribution >= 0.6 is 0 Å². The number of hydrogen-bond acceptors (Lipinski definition) is 5. The smallest absolute Gasteiger partial charge is 0.320 e. The van der Waals surface area contributed by atoms with Crippen molar-refractivity contribution in [3.63, 3.8) is 0 Å². The number of rotatable bonds is 8. The van der Waals surface area contributed by atoms with Gasteiger partial charge in [-0.1, -0.05) is 6.42 Å². The molecule has 0 fully saturated rings. The van der Waals surface area contributed by atoms with Crippen LogP contribution in [0.25, 0.3) is 0 Å². The van der Waals surface area contributed by atoms with Crippen molar-refractivity contribution in [1.29, 1.82) is 0 Å². The quantitative estimate of drug-likeness (QED) is 0.293. The Kier molecular flexibility index (Phi) is 7.57. The maximum Gasteiger partial charge on any atom is 0.320 e. The standard InChI is InChI=1S/C9H18N2O4/c1-7(12)15-6-11-8(9(13)14)4-2-3-5-10/h8,11H,2-6,10H2,1H3,(H,13,14)/t8-/m0/s1. The molecule has 0 saturated carbocycles. The van der Waals surface area contributed by atoms with E-state index in [1.807, 2.05) is 0 Å². The van der Waals surface area contributed by atoms with E-state index in [-0.39, 0.29) is 6.73 Å². The Hall–Kier alpha value is -1.14. The van der Waals surface area contributed by atoms with Crippen molar-refractivity contribution >= 4 is 11.9 Å². The van der Waals surface area contributed by atoms with Gasteiger partial charge in [0, 0.05) is 6.92 Å². The fourth-order valence-corrected chi connectivity index (χ4v) is 1.05. The largest absolute Gasteiger partial charge is 0.480 e. The average molecular weight is 218 g/mol. The van der Waals surface area contributed by atoms with Crippen molar-refractivity contribution in [3.8, 4) is 0 Å². The van der Waals surface area contributed by atoms with Crippen LogP contribution in [0.4, 0.5) is 0 Å². The molecule has 0 aromatic carbocycles. The van der Waals surface area contributed by atoms with E-state index in [9.17, 15) is 9.59 Å². The van der Waals surface area contributed by atoms with Crippen LogP contribution in [0.15, 0.2) is 0 Å². The number of nitrogens with one attached hydrogen (secondary N) is 1. The highest BCUT2D eigenvalue weighted by Crippen LogP contribution is 2.00. The highest BCUT2D eigenvalue weighted by molar-refractivity contribution is 5.73. The Morgan fingerprint density at radius 2 is 2.13 bits per heavy atom. The number of aliphatic carboxylic acids is 1. The first-order valence-corrected chi connectivity index (χ1v) is 4.87. The highest BCUT2D eigenvalue weighted by atomic mass is 16.5. The molecule has 0 spiro atoms. The zero-order valence-corrected chi connectivity index (χ0v) is 8.86. The van der Waals surface area contributed by atoms with Crippen molar-refractivity contribution in [3.05, 3.63) is 0 Å². The van der Waals surface area contributed by atoms with Crippen LogP contribution in [0.1, 0.15) is 26.2 Å². The van der Waals surface area contributed by atoms with Gasteiger partial charge >= 0.3 is 11.9 Å². The fraction of sp³-hybridized carbons (Fsp3) is 0.778. The molecule has 0 aliphatic heterocycles. The van der Waals surface area contributed by atoms with E-state index in [2.05, 4.69) is 10.1 Å². The molecule has 1 atom stereocenters. The van der Waals surface area contributed by atoms with Gasteiger partial charge in [-0.15, -0.1) is 0 Å². The molecule has 15 heavy (non-hydrogen) atoms. The molecular weight excluding hydrogens is 200 g/mol. The Bertz CT molecular complexity index is 208. The van der Waals surface area contributed by atoms with Crippen LogP contribution in [0, 0.1) is 0 Å². The third kappa shape index (κ3) is 7.90. The molecule has 0 aliphatic rings. The average Bonchev–Trinajstić information content (AvgIpc) is 2.15. The molecule has 0 aliphatic carbocycles. The molecule has 0 radical (unpaired) electrons. The number of nitrogens with two attached hydrogens (primary N) is 1. The number of carbonyl (C=O) groups excluding carboxylic acids is 1. The molecule has 0 aromatic rings. The summed E-state index contributed by atoms with van der Waals surface area (Å²) in [5, 5.41) is 11.4. The van der Waals surface area contributed by atoms with E-state index in [4.69, 9.17) is 10.8 Å². The van der Waals surface area contributed by atoms with Crippen molar-refractivity contribution < 1.29 is 19.4 Å². The minimum absolute atomic E-state index is 0.0745. The van der Waals surface area contributed by atoms with E-state index < -0.39 is 18.0 Å².